The van der Waals surface area contributed by atoms with E-state index in [4.69, 9.17) is 9.15 Å². The Morgan fingerprint density at radius 1 is 1.03 bits per heavy atom. The molecule has 0 radical (unpaired) electrons. The molecule has 4 aromatic rings. The number of halogens is 1. The number of amides is 2. The molecule has 37 heavy (non-hydrogen) atoms. The van der Waals surface area contributed by atoms with E-state index >= 15 is 4.39 Å². The number of ether oxygens (including phenoxy) is 1. The molecule has 8 nitrogen and oxygen atoms in total. The van der Waals surface area contributed by atoms with Gasteiger partial charge in [-0.2, -0.15) is 4.98 Å². The SMILES string of the molecule is Cc1cc(Nc2nc3cccc(-c4ccc(C(=O)N5CCOCC5)cc4F)c3o2)ccc1C(=O)N(C)C. The number of aryl methyl sites for hydroxylation is 1. The highest BCUT2D eigenvalue weighted by Gasteiger charge is 2.21. The van der Waals surface area contributed by atoms with Crippen LogP contribution in [0, 0.1) is 12.7 Å². The average molecular weight is 503 g/mol. The fraction of sp³-hybridized carbons (Fsp3) is 0.250. The second-order valence-corrected chi connectivity index (χ2v) is 9.13. The Labute approximate surface area is 213 Å². The second-order valence-electron chi connectivity index (χ2n) is 9.13. The van der Waals surface area contributed by atoms with Gasteiger partial charge in [-0.05, 0) is 48.9 Å². The molecule has 0 unspecified atom stereocenters. The molecule has 9 heteroatoms. The van der Waals surface area contributed by atoms with E-state index in [1.165, 1.54) is 11.0 Å². The molecule has 0 aliphatic carbocycles. The van der Waals surface area contributed by atoms with Crippen molar-refractivity contribution in [3.63, 3.8) is 0 Å². The van der Waals surface area contributed by atoms with Crippen LogP contribution >= 0.6 is 0 Å². The van der Waals surface area contributed by atoms with Crippen LogP contribution < -0.4 is 5.32 Å². The zero-order chi connectivity index (χ0) is 26.1. The molecule has 0 atom stereocenters. The summed E-state index contributed by atoms with van der Waals surface area (Å²) in [6.45, 7) is 3.80. The van der Waals surface area contributed by atoms with Crippen molar-refractivity contribution in [2.24, 2.45) is 0 Å². The number of para-hydroxylation sites is 1. The lowest BCUT2D eigenvalue weighted by molar-refractivity contribution is 0.0302. The summed E-state index contributed by atoms with van der Waals surface area (Å²) in [6, 6.07) is 15.4. The third-order valence-electron chi connectivity index (χ3n) is 6.33. The van der Waals surface area contributed by atoms with Gasteiger partial charge in [0, 0.05) is 55.1 Å². The average Bonchev–Trinajstić information content (AvgIpc) is 3.31. The van der Waals surface area contributed by atoms with Crippen LogP contribution in [0.4, 0.5) is 16.1 Å². The number of hydrogen-bond acceptors (Lipinski definition) is 6. The zero-order valence-corrected chi connectivity index (χ0v) is 20.9. The second kappa shape index (κ2) is 10.0. The van der Waals surface area contributed by atoms with Crippen molar-refractivity contribution in [3.05, 3.63) is 77.1 Å². The molecule has 1 N–H and O–H groups in total. The van der Waals surface area contributed by atoms with Crippen molar-refractivity contribution < 1.29 is 23.1 Å². The number of hydrogen-bond donors (Lipinski definition) is 1. The van der Waals surface area contributed by atoms with Crippen molar-refractivity contribution in [2.45, 2.75) is 6.92 Å². The first-order valence-corrected chi connectivity index (χ1v) is 12.0. The van der Waals surface area contributed by atoms with Gasteiger partial charge in [-0.25, -0.2) is 4.39 Å². The van der Waals surface area contributed by atoms with Gasteiger partial charge in [0.05, 0.1) is 13.2 Å². The van der Waals surface area contributed by atoms with Gasteiger partial charge in [0.25, 0.3) is 17.8 Å². The van der Waals surface area contributed by atoms with E-state index in [2.05, 4.69) is 10.3 Å². The van der Waals surface area contributed by atoms with Gasteiger partial charge in [-0.15, -0.1) is 0 Å². The quantitative estimate of drug-likeness (QED) is 0.419. The number of oxazole rings is 1. The molecule has 1 aliphatic rings. The molecule has 0 spiro atoms. The van der Waals surface area contributed by atoms with Crippen LogP contribution in [0.1, 0.15) is 26.3 Å². The molecule has 2 heterocycles. The van der Waals surface area contributed by atoms with Crippen molar-refractivity contribution >= 4 is 34.6 Å². The molecular formula is C28H27FN4O4. The molecule has 1 fully saturated rings. The highest BCUT2D eigenvalue weighted by molar-refractivity contribution is 5.97. The predicted molar refractivity (Wildman–Crippen MR) is 139 cm³/mol. The van der Waals surface area contributed by atoms with E-state index in [0.29, 0.717) is 65.3 Å². The van der Waals surface area contributed by atoms with Crippen molar-refractivity contribution in [3.8, 4) is 11.1 Å². The number of carbonyl (C=O) groups is 2. The van der Waals surface area contributed by atoms with Gasteiger partial charge in [-0.1, -0.05) is 18.2 Å². The lowest BCUT2D eigenvalue weighted by Gasteiger charge is -2.27. The van der Waals surface area contributed by atoms with Crippen molar-refractivity contribution in [1.82, 2.24) is 14.8 Å². The summed E-state index contributed by atoms with van der Waals surface area (Å²) in [5.74, 6) is -0.809. The van der Waals surface area contributed by atoms with Gasteiger partial charge in [0.1, 0.15) is 11.3 Å². The lowest BCUT2D eigenvalue weighted by Crippen LogP contribution is -2.40. The molecule has 1 aliphatic heterocycles. The maximum atomic E-state index is 15.2. The van der Waals surface area contributed by atoms with E-state index in [0.717, 1.165) is 5.56 Å². The van der Waals surface area contributed by atoms with Crippen molar-refractivity contribution in [2.75, 3.05) is 45.7 Å². The number of anilines is 2. The summed E-state index contributed by atoms with van der Waals surface area (Å²) in [5, 5.41) is 3.13. The minimum atomic E-state index is -0.519. The van der Waals surface area contributed by atoms with E-state index in [9.17, 15) is 9.59 Å². The van der Waals surface area contributed by atoms with Crippen molar-refractivity contribution in [1.29, 1.82) is 0 Å². The van der Waals surface area contributed by atoms with Gasteiger partial charge >= 0.3 is 0 Å². The van der Waals surface area contributed by atoms with E-state index in [1.54, 1.807) is 61.5 Å². The Bertz CT molecular complexity index is 1490. The van der Waals surface area contributed by atoms with Crippen LogP contribution in [0.2, 0.25) is 0 Å². The number of rotatable bonds is 5. The molecule has 2 amide bonds. The Morgan fingerprint density at radius 3 is 2.51 bits per heavy atom. The summed E-state index contributed by atoms with van der Waals surface area (Å²) in [7, 11) is 3.42. The Balaban J connectivity index is 1.42. The highest BCUT2D eigenvalue weighted by Crippen LogP contribution is 2.33. The lowest BCUT2D eigenvalue weighted by atomic mass is 10.0. The maximum Gasteiger partial charge on any atom is 0.300 e. The Hall–Kier alpha value is -4.24. The third-order valence-corrected chi connectivity index (χ3v) is 6.33. The summed E-state index contributed by atoms with van der Waals surface area (Å²) in [5.41, 5.74) is 4.25. The number of carbonyl (C=O) groups excluding carboxylic acids is 2. The van der Waals surface area contributed by atoms with Crippen LogP contribution in [-0.2, 0) is 4.74 Å². The van der Waals surface area contributed by atoms with Gasteiger partial charge in [0.15, 0.2) is 5.58 Å². The number of morpholine rings is 1. The third kappa shape index (κ3) is 4.90. The van der Waals surface area contributed by atoms with Crippen LogP contribution in [0.25, 0.3) is 22.2 Å². The van der Waals surface area contributed by atoms with Gasteiger partial charge in [0.2, 0.25) is 0 Å². The Morgan fingerprint density at radius 2 is 1.81 bits per heavy atom. The Kier molecular flexibility index (Phi) is 6.62. The van der Waals surface area contributed by atoms with Crippen LogP contribution in [0.5, 0.6) is 0 Å². The smallest absolute Gasteiger partial charge is 0.300 e. The van der Waals surface area contributed by atoms with E-state index < -0.39 is 5.82 Å². The molecule has 1 aromatic heterocycles. The number of fused-ring (bicyclic) bond motifs is 1. The summed E-state index contributed by atoms with van der Waals surface area (Å²) < 4.78 is 26.5. The van der Waals surface area contributed by atoms with Crippen LogP contribution in [-0.4, -0.2) is 67.0 Å². The largest absolute Gasteiger partial charge is 0.423 e. The number of benzene rings is 3. The van der Waals surface area contributed by atoms with Gasteiger partial charge in [-0.3, -0.25) is 9.59 Å². The molecule has 1 saturated heterocycles. The van der Waals surface area contributed by atoms with Crippen LogP contribution in [0.15, 0.2) is 59.0 Å². The molecule has 0 saturated carbocycles. The predicted octanol–water partition coefficient (Wildman–Crippen LogP) is 4.86. The molecular weight excluding hydrogens is 475 g/mol. The molecule has 190 valence electrons. The first-order chi connectivity index (χ1) is 17.8. The maximum absolute atomic E-state index is 15.2. The normalized spacial score (nSPS) is 13.6. The minimum Gasteiger partial charge on any atom is -0.423 e. The van der Waals surface area contributed by atoms with E-state index in [1.807, 2.05) is 13.0 Å². The molecule has 0 bridgehead atoms. The van der Waals surface area contributed by atoms with Gasteiger partial charge < -0.3 is 24.3 Å². The summed E-state index contributed by atoms with van der Waals surface area (Å²) in [6.07, 6.45) is 0. The first kappa shape index (κ1) is 24.5. The first-order valence-electron chi connectivity index (χ1n) is 12.0. The molecule has 5 rings (SSSR count). The summed E-state index contributed by atoms with van der Waals surface area (Å²) >= 11 is 0. The fourth-order valence-electron chi connectivity index (χ4n) is 4.38. The summed E-state index contributed by atoms with van der Waals surface area (Å²) in [4.78, 5) is 32.8. The number of aromatic nitrogens is 1. The topological polar surface area (TPSA) is 87.9 Å². The standard InChI is InChI=1S/C28H27FN4O4/c1-17-15-19(8-10-20(17)27(35)32(2)3)30-28-31-24-6-4-5-22(25(24)37-28)21-9-7-18(16-23(21)29)26(34)33-11-13-36-14-12-33/h4-10,15-16H,11-14H2,1-3H3,(H,30,31). The minimum absolute atomic E-state index is 0.0738. The van der Waals surface area contributed by atoms with E-state index in [-0.39, 0.29) is 17.8 Å². The number of nitrogens with one attached hydrogen (secondary N) is 1. The zero-order valence-electron chi connectivity index (χ0n) is 20.9. The fourth-order valence-corrected chi connectivity index (χ4v) is 4.38. The molecule has 3 aromatic carbocycles. The monoisotopic (exact) mass is 502 g/mol. The number of nitrogens with zero attached hydrogens (tertiary/aromatic N) is 3. The van der Waals surface area contributed by atoms with Crippen LogP contribution in [0.3, 0.4) is 0 Å². The highest BCUT2D eigenvalue weighted by atomic mass is 19.1.